The van der Waals surface area contributed by atoms with E-state index in [2.05, 4.69) is 22.4 Å². The van der Waals surface area contributed by atoms with Crippen LogP contribution in [0.5, 0.6) is 0 Å². The van der Waals surface area contributed by atoms with Gasteiger partial charge in [-0.05, 0) is 32.3 Å². The van der Waals surface area contributed by atoms with E-state index in [1.165, 1.54) is 10.7 Å². The first-order valence-corrected chi connectivity index (χ1v) is 9.21. The van der Waals surface area contributed by atoms with Crippen molar-refractivity contribution >= 4 is 17.2 Å². The van der Waals surface area contributed by atoms with Crippen LogP contribution in [0.1, 0.15) is 42.1 Å². The number of carbonyl (C=O) groups excluding carboxylic acids is 1. The third-order valence-corrected chi connectivity index (χ3v) is 5.40. The summed E-state index contributed by atoms with van der Waals surface area (Å²) in [6.07, 6.45) is 2.96. The van der Waals surface area contributed by atoms with Crippen molar-refractivity contribution in [2.24, 2.45) is 0 Å². The maximum absolute atomic E-state index is 12.6. The van der Waals surface area contributed by atoms with Gasteiger partial charge in [-0.25, -0.2) is 9.67 Å². The number of piperidine rings is 1. The van der Waals surface area contributed by atoms with Gasteiger partial charge < -0.3 is 4.90 Å². The summed E-state index contributed by atoms with van der Waals surface area (Å²) in [6.45, 7) is 5.33. The molecule has 0 N–H and O–H groups in total. The minimum Gasteiger partial charge on any atom is -0.340 e. The summed E-state index contributed by atoms with van der Waals surface area (Å²) in [4.78, 5) is 30.9. The van der Waals surface area contributed by atoms with Crippen LogP contribution < -0.4 is 5.56 Å². The molecule has 128 valence electrons. The van der Waals surface area contributed by atoms with E-state index in [-0.39, 0.29) is 18.0 Å². The quantitative estimate of drug-likeness (QED) is 0.849. The van der Waals surface area contributed by atoms with Gasteiger partial charge >= 0.3 is 0 Å². The Labute approximate surface area is 145 Å². The molecule has 3 rings (SSSR count). The monoisotopic (exact) mass is 346 g/mol. The van der Waals surface area contributed by atoms with Crippen LogP contribution in [0.4, 0.5) is 0 Å². The van der Waals surface area contributed by atoms with Gasteiger partial charge in [0.2, 0.25) is 5.91 Å². The average molecular weight is 346 g/mol. The second-order valence-electron chi connectivity index (χ2n) is 6.18. The van der Waals surface area contributed by atoms with Crippen molar-refractivity contribution in [3.8, 4) is 0 Å². The van der Waals surface area contributed by atoms with Crippen LogP contribution in [0.15, 0.2) is 22.3 Å². The first kappa shape index (κ1) is 16.8. The van der Waals surface area contributed by atoms with Crippen molar-refractivity contribution in [2.45, 2.75) is 45.6 Å². The van der Waals surface area contributed by atoms with Gasteiger partial charge in [0.05, 0.1) is 16.4 Å². The third-order valence-electron chi connectivity index (χ3n) is 4.34. The van der Waals surface area contributed by atoms with Gasteiger partial charge in [-0.2, -0.15) is 5.10 Å². The van der Waals surface area contributed by atoms with Gasteiger partial charge in [0.1, 0.15) is 6.54 Å². The molecule has 0 spiro atoms. The second-order valence-corrected chi connectivity index (χ2v) is 7.07. The Bertz CT molecular complexity index is 783. The summed E-state index contributed by atoms with van der Waals surface area (Å²) in [5.41, 5.74) is 1.61. The Balaban J connectivity index is 1.68. The Morgan fingerprint density at radius 1 is 1.42 bits per heavy atom. The van der Waals surface area contributed by atoms with E-state index in [1.54, 1.807) is 17.4 Å². The molecule has 1 atom stereocenters. The van der Waals surface area contributed by atoms with E-state index < -0.39 is 0 Å². The summed E-state index contributed by atoms with van der Waals surface area (Å²) in [6, 6.07) is 3.12. The molecule has 2 aromatic heterocycles. The van der Waals surface area contributed by atoms with Crippen LogP contribution in [-0.4, -0.2) is 38.7 Å². The normalized spacial score (nSPS) is 17.9. The molecule has 1 aliphatic rings. The number of thiazole rings is 1. The second kappa shape index (κ2) is 7.25. The number of nitrogens with zero attached hydrogens (tertiary/aromatic N) is 4. The number of carbonyl (C=O) groups is 1. The molecule has 2 aromatic rings. The summed E-state index contributed by atoms with van der Waals surface area (Å²) in [5.74, 6) is 0.252. The van der Waals surface area contributed by atoms with Gasteiger partial charge in [0.25, 0.3) is 5.56 Å². The number of aryl methyl sites for hydroxylation is 2. The lowest BCUT2D eigenvalue weighted by atomic mass is 9.98. The van der Waals surface area contributed by atoms with Crippen LogP contribution in [0.2, 0.25) is 0 Å². The zero-order valence-corrected chi connectivity index (χ0v) is 14.9. The van der Waals surface area contributed by atoms with E-state index in [0.717, 1.165) is 42.2 Å². The van der Waals surface area contributed by atoms with Crippen LogP contribution >= 0.6 is 11.3 Å². The predicted molar refractivity (Wildman–Crippen MR) is 93.3 cm³/mol. The molecule has 24 heavy (non-hydrogen) atoms. The van der Waals surface area contributed by atoms with Crippen molar-refractivity contribution in [1.82, 2.24) is 19.7 Å². The minimum atomic E-state index is -0.241. The first-order valence-electron chi connectivity index (χ1n) is 8.33. The SMILES string of the molecule is CCc1csc(C2CCCN(C(=O)Cn3nc(C)ccc3=O)C2)n1. The molecule has 1 unspecified atom stereocenters. The Kier molecular flexibility index (Phi) is 5.08. The van der Waals surface area contributed by atoms with Crippen LogP contribution in [0.3, 0.4) is 0 Å². The summed E-state index contributed by atoms with van der Waals surface area (Å²) in [7, 11) is 0. The van der Waals surface area contributed by atoms with Crippen molar-refractivity contribution in [3.63, 3.8) is 0 Å². The zero-order chi connectivity index (χ0) is 17.1. The van der Waals surface area contributed by atoms with Crippen LogP contribution in [0, 0.1) is 6.92 Å². The molecule has 0 aliphatic carbocycles. The highest BCUT2D eigenvalue weighted by Crippen LogP contribution is 2.29. The van der Waals surface area contributed by atoms with E-state index in [4.69, 9.17) is 0 Å². The van der Waals surface area contributed by atoms with Gasteiger partial charge in [0.15, 0.2) is 0 Å². The Hall–Kier alpha value is -2.02. The van der Waals surface area contributed by atoms with Gasteiger partial charge in [0, 0.05) is 30.5 Å². The molecular weight excluding hydrogens is 324 g/mol. The third kappa shape index (κ3) is 3.72. The van der Waals surface area contributed by atoms with Crippen molar-refractivity contribution in [3.05, 3.63) is 44.3 Å². The molecule has 0 radical (unpaired) electrons. The average Bonchev–Trinajstić information content (AvgIpc) is 3.07. The lowest BCUT2D eigenvalue weighted by molar-refractivity contribution is -0.133. The molecule has 7 heteroatoms. The standard InChI is InChI=1S/C17H22N4O2S/c1-3-14-11-24-17(18-14)13-5-4-8-20(9-13)16(23)10-21-15(22)7-6-12(2)19-21/h6-7,11,13H,3-5,8-10H2,1-2H3. The summed E-state index contributed by atoms with van der Waals surface area (Å²) in [5, 5.41) is 7.37. The smallest absolute Gasteiger partial charge is 0.267 e. The number of hydrogen-bond acceptors (Lipinski definition) is 5. The summed E-state index contributed by atoms with van der Waals surface area (Å²) >= 11 is 1.69. The number of aromatic nitrogens is 3. The number of amides is 1. The van der Waals surface area contributed by atoms with E-state index >= 15 is 0 Å². The zero-order valence-electron chi connectivity index (χ0n) is 14.1. The number of rotatable bonds is 4. The maximum Gasteiger partial charge on any atom is 0.267 e. The maximum atomic E-state index is 12.6. The molecule has 1 amide bonds. The molecule has 0 saturated carbocycles. The number of likely N-dealkylation sites (tertiary alicyclic amines) is 1. The lowest BCUT2D eigenvalue weighted by Gasteiger charge is -2.31. The van der Waals surface area contributed by atoms with Crippen LogP contribution in [-0.2, 0) is 17.8 Å². The van der Waals surface area contributed by atoms with E-state index in [0.29, 0.717) is 12.5 Å². The van der Waals surface area contributed by atoms with Crippen molar-refractivity contribution < 1.29 is 4.79 Å². The summed E-state index contributed by atoms with van der Waals surface area (Å²) < 4.78 is 1.25. The molecule has 1 saturated heterocycles. The van der Waals surface area contributed by atoms with Crippen molar-refractivity contribution in [2.75, 3.05) is 13.1 Å². The van der Waals surface area contributed by atoms with E-state index in [1.807, 2.05) is 11.8 Å². The predicted octanol–water partition coefficient (Wildman–Crippen LogP) is 1.98. The fourth-order valence-electron chi connectivity index (χ4n) is 2.97. The lowest BCUT2D eigenvalue weighted by Crippen LogP contribution is -2.42. The molecule has 0 bridgehead atoms. The molecule has 3 heterocycles. The molecule has 6 nitrogen and oxygen atoms in total. The largest absolute Gasteiger partial charge is 0.340 e. The molecular formula is C17H22N4O2S. The Morgan fingerprint density at radius 3 is 3.00 bits per heavy atom. The van der Waals surface area contributed by atoms with E-state index in [9.17, 15) is 9.59 Å². The van der Waals surface area contributed by atoms with Gasteiger partial charge in [-0.3, -0.25) is 9.59 Å². The molecule has 1 aliphatic heterocycles. The molecule has 0 aromatic carbocycles. The Morgan fingerprint density at radius 2 is 2.25 bits per heavy atom. The topological polar surface area (TPSA) is 68.1 Å². The van der Waals surface area contributed by atoms with Crippen LogP contribution in [0.25, 0.3) is 0 Å². The number of hydrogen-bond donors (Lipinski definition) is 0. The van der Waals surface area contributed by atoms with Gasteiger partial charge in [-0.15, -0.1) is 11.3 Å². The molecule has 1 fully saturated rings. The fourth-order valence-corrected chi connectivity index (χ4v) is 4.00. The highest BCUT2D eigenvalue weighted by Gasteiger charge is 2.27. The minimum absolute atomic E-state index is 0.00527. The van der Waals surface area contributed by atoms with Gasteiger partial charge in [-0.1, -0.05) is 6.92 Å². The highest BCUT2D eigenvalue weighted by atomic mass is 32.1. The highest BCUT2D eigenvalue weighted by molar-refractivity contribution is 7.09. The van der Waals surface area contributed by atoms with Crippen molar-refractivity contribution in [1.29, 1.82) is 0 Å². The fraction of sp³-hybridized carbons (Fsp3) is 0.529. The first-order chi connectivity index (χ1) is 11.6.